The first-order valence-corrected chi connectivity index (χ1v) is 8.24. The Morgan fingerprint density at radius 3 is 1.82 bits per heavy atom. The molecule has 3 rings (SSSR count). The molecular weight excluding hydrogens is 266 g/mol. The van der Waals surface area contributed by atoms with Gasteiger partial charge in [-0.25, -0.2) is 0 Å². The maximum absolute atomic E-state index is 2.30. The largest absolute Gasteiger partial charge is 0.305 e. The molecule has 22 heavy (non-hydrogen) atoms. The van der Waals surface area contributed by atoms with E-state index in [1.165, 1.54) is 33.4 Å². The van der Waals surface area contributed by atoms with E-state index < -0.39 is 0 Å². The number of hydrogen-bond donors (Lipinski definition) is 0. The van der Waals surface area contributed by atoms with Gasteiger partial charge in [0, 0.05) is 6.54 Å². The number of fused-ring (bicyclic) bond motifs is 2. The second-order valence-electron chi connectivity index (χ2n) is 6.38. The summed E-state index contributed by atoms with van der Waals surface area (Å²) in [7, 11) is 4.31. The molecule has 114 valence electrons. The Balaban J connectivity index is 2.28. The lowest BCUT2D eigenvalue weighted by atomic mass is 9.89. The van der Waals surface area contributed by atoms with Crippen molar-refractivity contribution in [2.75, 3.05) is 20.6 Å². The van der Waals surface area contributed by atoms with E-state index in [1.54, 1.807) is 0 Å². The van der Waals surface area contributed by atoms with Crippen LogP contribution < -0.4 is 0 Å². The van der Waals surface area contributed by atoms with Gasteiger partial charge in [-0.15, -0.1) is 0 Å². The van der Waals surface area contributed by atoms with Crippen molar-refractivity contribution in [1.29, 1.82) is 0 Å². The molecule has 1 aliphatic rings. The average molecular weight is 291 g/mol. The summed E-state index contributed by atoms with van der Waals surface area (Å²) in [5.41, 5.74) is 8.85. The molecule has 0 unspecified atom stereocenters. The van der Waals surface area contributed by atoms with Crippen LogP contribution in [0.1, 0.15) is 35.6 Å². The lowest BCUT2D eigenvalue weighted by molar-refractivity contribution is 0.441. The van der Waals surface area contributed by atoms with Crippen molar-refractivity contribution >= 4 is 5.57 Å². The van der Waals surface area contributed by atoms with Gasteiger partial charge in [-0.2, -0.15) is 0 Å². The highest BCUT2D eigenvalue weighted by Crippen LogP contribution is 2.36. The third-order valence-corrected chi connectivity index (χ3v) is 4.52. The molecule has 0 aliphatic heterocycles. The summed E-state index contributed by atoms with van der Waals surface area (Å²) in [5.74, 6) is 0. The quantitative estimate of drug-likeness (QED) is 0.801. The fraction of sp³-hybridized carbons (Fsp3) is 0.333. The fourth-order valence-corrected chi connectivity index (χ4v) is 3.51. The van der Waals surface area contributed by atoms with Crippen molar-refractivity contribution in [2.45, 2.75) is 26.2 Å². The first-order chi connectivity index (χ1) is 10.7. The number of aryl methyl sites for hydroxylation is 2. The monoisotopic (exact) mass is 291 g/mol. The predicted octanol–water partition coefficient (Wildman–Crippen LogP) is 4.56. The third-order valence-electron chi connectivity index (χ3n) is 4.52. The summed E-state index contributed by atoms with van der Waals surface area (Å²) >= 11 is 0. The lowest BCUT2D eigenvalue weighted by Crippen LogP contribution is -2.16. The molecule has 0 saturated heterocycles. The van der Waals surface area contributed by atoms with Gasteiger partial charge in [0.2, 0.25) is 0 Å². The van der Waals surface area contributed by atoms with Gasteiger partial charge in [-0.05, 0) is 66.8 Å². The van der Waals surface area contributed by atoms with Gasteiger partial charge in [0.05, 0.1) is 0 Å². The molecule has 0 atom stereocenters. The van der Waals surface area contributed by atoms with E-state index in [0.29, 0.717) is 0 Å². The van der Waals surface area contributed by atoms with Crippen molar-refractivity contribution in [1.82, 2.24) is 4.90 Å². The smallest absolute Gasteiger partial charge is 0.0196 e. The van der Waals surface area contributed by atoms with E-state index in [1.807, 2.05) is 0 Å². The molecule has 0 aromatic heterocycles. The number of rotatable bonds is 3. The van der Waals surface area contributed by atoms with Crippen LogP contribution in [0.5, 0.6) is 0 Å². The van der Waals surface area contributed by atoms with Gasteiger partial charge in [-0.1, -0.05) is 55.5 Å². The maximum atomic E-state index is 2.30. The summed E-state index contributed by atoms with van der Waals surface area (Å²) in [6, 6.07) is 17.9. The van der Waals surface area contributed by atoms with Crippen LogP contribution in [-0.4, -0.2) is 25.5 Å². The standard InChI is InChI=1S/C21H25N/c1-4-16(15-22(2)3)21-19-11-7-5-9-17(19)13-14-18-10-6-8-12-20(18)21/h5-12H,4,13-15H2,1-3H3. The molecule has 0 spiro atoms. The van der Waals surface area contributed by atoms with E-state index in [4.69, 9.17) is 0 Å². The van der Waals surface area contributed by atoms with Crippen LogP contribution in [0, 0.1) is 0 Å². The highest BCUT2D eigenvalue weighted by Gasteiger charge is 2.20. The highest BCUT2D eigenvalue weighted by atomic mass is 15.0. The van der Waals surface area contributed by atoms with Crippen LogP contribution in [-0.2, 0) is 12.8 Å². The van der Waals surface area contributed by atoms with Crippen LogP contribution in [0.3, 0.4) is 0 Å². The maximum Gasteiger partial charge on any atom is 0.0196 e. The number of nitrogens with zero attached hydrogens (tertiary/aromatic N) is 1. The Hall–Kier alpha value is -1.86. The minimum absolute atomic E-state index is 1.02. The first-order valence-electron chi connectivity index (χ1n) is 8.24. The zero-order chi connectivity index (χ0) is 15.5. The summed E-state index contributed by atoms with van der Waals surface area (Å²) < 4.78 is 0. The summed E-state index contributed by atoms with van der Waals surface area (Å²) in [4.78, 5) is 2.28. The van der Waals surface area contributed by atoms with E-state index in [-0.39, 0.29) is 0 Å². The average Bonchev–Trinajstić information content (AvgIpc) is 2.69. The molecule has 0 fully saturated rings. The van der Waals surface area contributed by atoms with Crippen molar-refractivity contribution in [3.63, 3.8) is 0 Å². The Morgan fingerprint density at radius 1 is 0.864 bits per heavy atom. The zero-order valence-corrected chi connectivity index (χ0v) is 13.9. The zero-order valence-electron chi connectivity index (χ0n) is 13.9. The van der Waals surface area contributed by atoms with E-state index >= 15 is 0 Å². The van der Waals surface area contributed by atoms with E-state index in [9.17, 15) is 0 Å². The predicted molar refractivity (Wildman–Crippen MR) is 95.2 cm³/mol. The first kappa shape index (κ1) is 15.1. The van der Waals surface area contributed by atoms with E-state index in [2.05, 4.69) is 74.4 Å². The summed E-state index contributed by atoms with van der Waals surface area (Å²) in [6.07, 6.45) is 3.36. The molecule has 1 heteroatoms. The normalized spacial score (nSPS) is 13.5. The van der Waals surface area contributed by atoms with Gasteiger partial charge >= 0.3 is 0 Å². The van der Waals surface area contributed by atoms with Crippen LogP contribution in [0.15, 0.2) is 54.1 Å². The Bertz CT molecular complexity index is 645. The fourth-order valence-electron chi connectivity index (χ4n) is 3.51. The summed E-state index contributed by atoms with van der Waals surface area (Å²) in [6.45, 7) is 3.30. The van der Waals surface area contributed by atoms with Gasteiger partial charge in [0.25, 0.3) is 0 Å². The van der Waals surface area contributed by atoms with Crippen molar-refractivity contribution < 1.29 is 0 Å². The van der Waals surface area contributed by atoms with Crippen LogP contribution in [0.2, 0.25) is 0 Å². The molecule has 2 aromatic rings. The van der Waals surface area contributed by atoms with Gasteiger partial charge in [0.1, 0.15) is 0 Å². The van der Waals surface area contributed by atoms with E-state index in [0.717, 1.165) is 25.8 Å². The minimum Gasteiger partial charge on any atom is -0.305 e. The second kappa shape index (κ2) is 6.50. The number of benzene rings is 2. The molecule has 0 amide bonds. The molecule has 0 saturated carbocycles. The van der Waals surface area contributed by atoms with Crippen molar-refractivity contribution in [2.24, 2.45) is 0 Å². The van der Waals surface area contributed by atoms with Gasteiger partial charge < -0.3 is 4.90 Å². The van der Waals surface area contributed by atoms with Gasteiger partial charge in [0.15, 0.2) is 0 Å². The lowest BCUT2D eigenvalue weighted by Gasteiger charge is -2.20. The Labute approximate surface area is 134 Å². The molecule has 0 bridgehead atoms. The number of likely N-dealkylation sites (N-methyl/N-ethyl adjacent to an activating group) is 1. The topological polar surface area (TPSA) is 3.24 Å². The molecule has 0 N–H and O–H groups in total. The molecule has 1 nitrogen and oxygen atoms in total. The van der Waals surface area contributed by atoms with Crippen LogP contribution in [0.4, 0.5) is 0 Å². The minimum atomic E-state index is 1.02. The van der Waals surface area contributed by atoms with Crippen molar-refractivity contribution in [3.8, 4) is 0 Å². The Morgan fingerprint density at radius 2 is 1.36 bits per heavy atom. The number of hydrogen-bond acceptors (Lipinski definition) is 1. The third kappa shape index (κ3) is 2.86. The second-order valence-corrected chi connectivity index (χ2v) is 6.38. The van der Waals surface area contributed by atoms with Crippen LogP contribution in [0.25, 0.3) is 5.57 Å². The SMILES string of the molecule is CCC(CN(C)C)=C1c2ccccc2CCc2ccccc21. The van der Waals surface area contributed by atoms with Crippen LogP contribution >= 0.6 is 0 Å². The molecule has 1 aliphatic carbocycles. The molecular formula is C21H25N. The van der Waals surface area contributed by atoms with Crippen molar-refractivity contribution in [3.05, 3.63) is 76.4 Å². The molecule has 2 aromatic carbocycles. The highest BCUT2D eigenvalue weighted by molar-refractivity contribution is 5.86. The van der Waals surface area contributed by atoms with Gasteiger partial charge in [-0.3, -0.25) is 0 Å². The Kier molecular flexibility index (Phi) is 4.44. The summed E-state index contributed by atoms with van der Waals surface area (Å²) in [5, 5.41) is 0. The molecule has 0 radical (unpaired) electrons. The molecule has 0 heterocycles.